The number of nitrogens with zero attached hydrogens (tertiary/aromatic N) is 1. The first kappa shape index (κ1) is 22.5. The fraction of sp³-hybridized carbons (Fsp3) is 0.192. The van der Waals surface area contributed by atoms with E-state index in [2.05, 4.69) is 18.8 Å². The highest BCUT2D eigenvalue weighted by Gasteiger charge is 2.12. The highest BCUT2D eigenvalue weighted by molar-refractivity contribution is 8.03. The van der Waals surface area contributed by atoms with E-state index in [1.54, 1.807) is 41.8 Å². The summed E-state index contributed by atoms with van der Waals surface area (Å²) in [5.74, 6) is 3.88. The molecule has 0 unspecified atom stereocenters. The Morgan fingerprint density at radius 2 is 1.52 bits per heavy atom. The van der Waals surface area contributed by atoms with Crippen LogP contribution in [0.3, 0.4) is 0 Å². The van der Waals surface area contributed by atoms with Gasteiger partial charge in [-0.05, 0) is 77.7 Å². The average Bonchev–Trinajstić information content (AvgIpc) is 2.76. The van der Waals surface area contributed by atoms with Gasteiger partial charge in [0.2, 0.25) is 0 Å². The van der Waals surface area contributed by atoms with E-state index >= 15 is 0 Å². The lowest BCUT2D eigenvalue weighted by Crippen LogP contribution is -1.91. The van der Waals surface area contributed by atoms with Crippen molar-refractivity contribution in [2.24, 2.45) is 0 Å². The van der Waals surface area contributed by atoms with Crippen LogP contribution in [0.25, 0.3) is 11.1 Å². The molecule has 0 aliphatic carbocycles. The molecule has 156 valence electrons. The quantitative estimate of drug-likeness (QED) is 0.173. The van der Waals surface area contributed by atoms with Crippen molar-refractivity contribution in [3.8, 4) is 28.4 Å². The molecule has 0 atom stereocenters. The van der Waals surface area contributed by atoms with Crippen molar-refractivity contribution in [2.45, 2.75) is 37.5 Å². The SMILES string of the molecule is CCCCCc1ccc(C#Cc2ccc(-c3cc(F)c(SC#N)c(F)c3)cc2)c(F)c1. The molecule has 0 aromatic heterocycles. The zero-order valence-corrected chi connectivity index (χ0v) is 17.8. The molecule has 3 aromatic rings. The van der Waals surface area contributed by atoms with Gasteiger partial charge in [-0.25, -0.2) is 13.2 Å². The lowest BCUT2D eigenvalue weighted by Gasteiger charge is -2.06. The molecule has 0 amide bonds. The van der Waals surface area contributed by atoms with E-state index in [0.29, 0.717) is 34.0 Å². The molecule has 31 heavy (non-hydrogen) atoms. The number of unbranched alkanes of at least 4 members (excludes halogenated alkanes) is 2. The number of rotatable bonds is 6. The zero-order chi connectivity index (χ0) is 22.2. The van der Waals surface area contributed by atoms with E-state index in [4.69, 9.17) is 5.26 Å². The van der Waals surface area contributed by atoms with Gasteiger partial charge in [0, 0.05) is 5.56 Å². The molecule has 0 saturated carbocycles. The molecule has 5 heteroatoms. The van der Waals surface area contributed by atoms with Crippen LogP contribution in [0, 0.1) is 40.0 Å². The topological polar surface area (TPSA) is 23.8 Å². The van der Waals surface area contributed by atoms with Crippen LogP contribution in [0.5, 0.6) is 0 Å². The predicted molar refractivity (Wildman–Crippen MR) is 119 cm³/mol. The van der Waals surface area contributed by atoms with E-state index < -0.39 is 11.6 Å². The standard InChI is InChI=1S/C26H20F3NS/c1-2-3-4-5-19-9-13-21(23(27)14-19)12-8-18-6-10-20(11-7-18)22-15-24(28)26(31-17-30)25(29)16-22/h6-7,9-11,13-16H,2-5H2,1H3. The summed E-state index contributed by atoms with van der Waals surface area (Å²) in [6.07, 6.45) is 4.15. The molecular weight excluding hydrogens is 415 g/mol. The minimum Gasteiger partial charge on any atom is -0.206 e. The number of thiocyanates is 1. The van der Waals surface area contributed by atoms with Gasteiger partial charge in [0.25, 0.3) is 0 Å². The molecule has 1 nitrogen and oxygen atoms in total. The number of aryl methyl sites for hydroxylation is 1. The van der Waals surface area contributed by atoms with Crippen molar-refractivity contribution in [1.82, 2.24) is 0 Å². The maximum Gasteiger partial charge on any atom is 0.141 e. The van der Waals surface area contributed by atoms with Crippen LogP contribution in [-0.4, -0.2) is 0 Å². The Hall–Kier alpha value is -3.15. The summed E-state index contributed by atoms with van der Waals surface area (Å²) in [7, 11) is 0. The lowest BCUT2D eigenvalue weighted by molar-refractivity contribution is 0.542. The fourth-order valence-corrected chi connectivity index (χ4v) is 3.55. The van der Waals surface area contributed by atoms with Gasteiger partial charge < -0.3 is 0 Å². The number of thioether (sulfide) groups is 1. The first-order chi connectivity index (χ1) is 15.0. The van der Waals surface area contributed by atoms with Gasteiger partial charge in [-0.15, -0.1) is 0 Å². The Morgan fingerprint density at radius 3 is 2.13 bits per heavy atom. The first-order valence-corrected chi connectivity index (χ1v) is 10.8. The molecule has 0 saturated heterocycles. The summed E-state index contributed by atoms with van der Waals surface area (Å²) in [6, 6.07) is 14.4. The smallest absolute Gasteiger partial charge is 0.141 e. The molecule has 0 spiro atoms. The number of hydrogen-bond donors (Lipinski definition) is 0. The second kappa shape index (κ2) is 10.8. The van der Waals surface area contributed by atoms with Crippen molar-refractivity contribution in [1.29, 1.82) is 5.26 Å². The van der Waals surface area contributed by atoms with Crippen LogP contribution in [-0.2, 0) is 6.42 Å². The number of hydrogen-bond acceptors (Lipinski definition) is 2. The highest BCUT2D eigenvalue weighted by atomic mass is 32.2. The van der Waals surface area contributed by atoms with Gasteiger partial charge in [-0.2, -0.15) is 5.26 Å². The van der Waals surface area contributed by atoms with Crippen LogP contribution >= 0.6 is 11.8 Å². The molecule has 0 radical (unpaired) electrons. The minimum absolute atomic E-state index is 0.313. The summed E-state index contributed by atoms with van der Waals surface area (Å²) in [6.45, 7) is 2.13. The van der Waals surface area contributed by atoms with Gasteiger partial charge in [-0.1, -0.05) is 49.8 Å². The third-order valence-electron chi connectivity index (χ3n) is 4.81. The van der Waals surface area contributed by atoms with Gasteiger partial charge >= 0.3 is 0 Å². The van der Waals surface area contributed by atoms with Gasteiger partial charge in [0.15, 0.2) is 0 Å². The molecule has 0 fully saturated rings. The zero-order valence-electron chi connectivity index (χ0n) is 17.0. The van der Waals surface area contributed by atoms with Crippen molar-refractivity contribution < 1.29 is 13.2 Å². The normalized spacial score (nSPS) is 10.3. The molecule has 0 heterocycles. The first-order valence-electron chi connectivity index (χ1n) is 9.97. The average molecular weight is 436 g/mol. The summed E-state index contributed by atoms with van der Waals surface area (Å²) < 4.78 is 42.4. The second-order valence-corrected chi connectivity index (χ2v) is 7.86. The van der Waals surface area contributed by atoms with E-state index in [1.165, 1.54) is 12.1 Å². The van der Waals surface area contributed by atoms with E-state index in [-0.39, 0.29) is 10.7 Å². The van der Waals surface area contributed by atoms with Gasteiger partial charge in [0.05, 0.1) is 10.5 Å². The summed E-state index contributed by atoms with van der Waals surface area (Å²) in [4.78, 5) is -0.313. The Balaban J connectivity index is 1.75. The van der Waals surface area contributed by atoms with E-state index in [9.17, 15) is 13.2 Å². The number of nitriles is 1. The van der Waals surface area contributed by atoms with Crippen molar-refractivity contribution in [3.05, 3.63) is 88.7 Å². The molecular formula is C26H20F3NS. The monoisotopic (exact) mass is 435 g/mol. The summed E-state index contributed by atoms with van der Waals surface area (Å²) in [5, 5.41) is 10.3. The van der Waals surface area contributed by atoms with Gasteiger partial charge in [0.1, 0.15) is 22.9 Å². The highest BCUT2D eigenvalue weighted by Crippen LogP contribution is 2.30. The van der Waals surface area contributed by atoms with Crippen LogP contribution in [0.15, 0.2) is 59.5 Å². The van der Waals surface area contributed by atoms with Crippen LogP contribution in [0.1, 0.15) is 42.9 Å². The third kappa shape index (κ3) is 5.94. The van der Waals surface area contributed by atoms with E-state index in [1.807, 2.05) is 6.07 Å². The predicted octanol–water partition coefficient (Wildman–Crippen LogP) is 7.48. The largest absolute Gasteiger partial charge is 0.206 e. The molecule has 0 aliphatic rings. The number of benzene rings is 3. The fourth-order valence-electron chi connectivity index (χ4n) is 3.15. The van der Waals surface area contributed by atoms with E-state index in [0.717, 1.165) is 31.2 Å². The summed E-state index contributed by atoms with van der Waals surface area (Å²) >= 11 is 0.453. The molecule has 0 N–H and O–H groups in total. The Kier molecular flexibility index (Phi) is 7.82. The van der Waals surface area contributed by atoms with Crippen molar-refractivity contribution in [3.63, 3.8) is 0 Å². The summed E-state index contributed by atoms with van der Waals surface area (Å²) in [5.41, 5.74) is 2.94. The lowest BCUT2D eigenvalue weighted by atomic mass is 10.0. The van der Waals surface area contributed by atoms with Crippen LogP contribution in [0.2, 0.25) is 0 Å². The molecule has 3 aromatic carbocycles. The second-order valence-electron chi connectivity index (χ2n) is 7.06. The van der Waals surface area contributed by atoms with Gasteiger partial charge in [-0.3, -0.25) is 0 Å². The van der Waals surface area contributed by atoms with Crippen molar-refractivity contribution in [2.75, 3.05) is 0 Å². The number of halogens is 3. The Labute approximate surface area is 184 Å². The Bertz CT molecular complexity index is 1140. The molecule has 0 aliphatic heterocycles. The maximum atomic E-state index is 14.3. The Morgan fingerprint density at radius 1 is 0.806 bits per heavy atom. The minimum atomic E-state index is -0.779. The van der Waals surface area contributed by atoms with Crippen molar-refractivity contribution >= 4 is 11.8 Å². The maximum absolute atomic E-state index is 14.3. The van der Waals surface area contributed by atoms with Crippen LogP contribution in [0.4, 0.5) is 13.2 Å². The molecule has 0 bridgehead atoms. The third-order valence-corrected chi connectivity index (χ3v) is 5.49. The van der Waals surface area contributed by atoms with Crippen LogP contribution < -0.4 is 0 Å². The molecule has 3 rings (SSSR count).